The van der Waals surface area contributed by atoms with Gasteiger partial charge in [0.2, 0.25) is 11.6 Å². The van der Waals surface area contributed by atoms with Crippen molar-refractivity contribution in [2.75, 3.05) is 0 Å². The van der Waals surface area contributed by atoms with Crippen LogP contribution < -0.4 is 0 Å². The molecule has 2 aromatic rings. The fourth-order valence-corrected chi connectivity index (χ4v) is 3.55. The molecule has 2 aliphatic carbocycles. The average Bonchev–Trinajstić information content (AvgIpc) is 2.69. The van der Waals surface area contributed by atoms with E-state index in [1.54, 1.807) is 0 Å². The van der Waals surface area contributed by atoms with Crippen LogP contribution in [0.5, 0.6) is 0 Å². The minimum absolute atomic E-state index is 0.122. The van der Waals surface area contributed by atoms with Crippen LogP contribution in [0.3, 0.4) is 0 Å². The highest BCUT2D eigenvalue weighted by atomic mass is 19.2. The molecule has 0 fully saturated rings. The van der Waals surface area contributed by atoms with Crippen molar-refractivity contribution in [2.45, 2.75) is 12.8 Å². The summed E-state index contributed by atoms with van der Waals surface area (Å²) >= 11 is 0. The van der Waals surface area contributed by atoms with Crippen LogP contribution in [0.2, 0.25) is 0 Å². The lowest BCUT2D eigenvalue weighted by Crippen LogP contribution is -2.15. The minimum Gasteiger partial charge on any atom is -0.203 e. The number of allylic oxidation sites excluding steroid dienone is 6. The van der Waals surface area contributed by atoms with E-state index in [1.807, 2.05) is 0 Å². The maximum absolute atomic E-state index is 14.2. The maximum atomic E-state index is 14.2. The molecule has 0 radical (unpaired) electrons. The lowest BCUT2D eigenvalue weighted by molar-refractivity contribution is 0.375. The molecular weight excluding hydrogens is 430 g/mol. The van der Waals surface area contributed by atoms with Crippen LogP contribution in [0.15, 0.2) is 23.3 Å². The van der Waals surface area contributed by atoms with Crippen LogP contribution in [0.1, 0.15) is 24.0 Å². The van der Waals surface area contributed by atoms with Gasteiger partial charge >= 0.3 is 0 Å². The first-order chi connectivity index (χ1) is 14.1. The summed E-state index contributed by atoms with van der Waals surface area (Å²) in [6, 6.07) is 0. The molecule has 0 saturated heterocycles. The van der Waals surface area contributed by atoms with Crippen molar-refractivity contribution < 1.29 is 43.9 Å². The van der Waals surface area contributed by atoms with Gasteiger partial charge in [-0.1, -0.05) is 12.2 Å². The molecule has 0 nitrogen and oxygen atoms in total. The van der Waals surface area contributed by atoms with Gasteiger partial charge in [-0.3, -0.25) is 0 Å². The standard InChI is InChI=1S/C20H6F10/c21-11-9(12(22)16(26)19(29)15(11)25)7-3-4-8(6-2-1-5(6)7)10-13(23)17(27)20(30)18(28)14(10)24/h1-2H,3-4H2. The molecule has 156 valence electrons. The lowest BCUT2D eigenvalue weighted by Gasteiger charge is -2.29. The molecule has 0 spiro atoms. The third kappa shape index (κ3) is 2.55. The van der Waals surface area contributed by atoms with Gasteiger partial charge in [-0.15, -0.1) is 0 Å². The quantitative estimate of drug-likeness (QED) is 0.281. The van der Waals surface area contributed by atoms with E-state index >= 15 is 0 Å². The number of halogens is 10. The summed E-state index contributed by atoms with van der Waals surface area (Å²) in [5.41, 5.74) is -3.34. The summed E-state index contributed by atoms with van der Waals surface area (Å²) in [7, 11) is 0. The Kier molecular flexibility index (Phi) is 4.55. The van der Waals surface area contributed by atoms with E-state index in [2.05, 4.69) is 0 Å². The Morgan fingerprint density at radius 2 is 0.600 bits per heavy atom. The minimum atomic E-state index is -2.35. The largest absolute Gasteiger partial charge is 0.203 e. The SMILES string of the molecule is Fc1c(F)c(F)c(C2=C3C=CC3=C(c3c(F)c(F)c(F)c(F)c3F)CC2)c(F)c1F. The monoisotopic (exact) mass is 436 g/mol. The van der Waals surface area contributed by atoms with Crippen LogP contribution in [0.4, 0.5) is 43.9 Å². The zero-order valence-corrected chi connectivity index (χ0v) is 14.3. The van der Waals surface area contributed by atoms with Gasteiger partial charge in [0.25, 0.3) is 0 Å². The Balaban J connectivity index is 1.97. The molecule has 0 aliphatic heterocycles. The van der Waals surface area contributed by atoms with Crippen LogP contribution in [0, 0.1) is 58.2 Å². The van der Waals surface area contributed by atoms with Crippen LogP contribution in [-0.2, 0) is 0 Å². The van der Waals surface area contributed by atoms with E-state index in [-0.39, 0.29) is 22.3 Å². The van der Waals surface area contributed by atoms with E-state index in [4.69, 9.17) is 0 Å². The molecule has 0 amide bonds. The van der Waals surface area contributed by atoms with E-state index in [1.165, 1.54) is 12.2 Å². The summed E-state index contributed by atoms with van der Waals surface area (Å²) in [5, 5.41) is 0. The Morgan fingerprint density at radius 1 is 0.367 bits per heavy atom. The van der Waals surface area contributed by atoms with Crippen molar-refractivity contribution in [3.63, 3.8) is 0 Å². The zero-order chi connectivity index (χ0) is 22.1. The molecule has 2 aliphatic rings. The first-order valence-electron chi connectivity index (χ1n) is 8.26. The molecule has 0 N–H and O–H groups in total. The predicted octanol–water partition coefficient (Wildman–Crippen LogP) is 6.65. The Hall–Kier alpha value is -3.04. The summed E-state index contributed by atoms with van der Waals surface area (Å²) in [5.74, 6) is -21.7. The van der Waals surface area contributed by atoms with Gasteiger partial charge in [-0.2, -0.15) is 0 Å². The second-order valence-corrected chi connectivity index (χ2v) is 6.51. The maximum Gasteiger partial charge on any atom is 0.200 e. The van der Waals surface area contributed by atoms with E-state index in [9.17, 15) is 43.9 Å². The Bertz CT molecular complexity index is 1080. The van der Waals surface area contributed by atoms with Gasteiger partial charge in [0.05, 0.1) is 11.1 Å². The number of rotatable bonds is 2. The summed E-state index contributed by atoms with van der Waals surface area (Å²) in [4.78, 5) is 0. The zero-order valence-electron chi connectivity index (χ0n) is 14.3. The number of hydrogen-bond donors (Lipinski definition) is 0. The third-order valence-corrected chi connectivity index (χ3v) is 5.01. The van der Waals surface area contributed by atoms with Crippen LogP contribution in [0.25, 0.3) is 11.1 Å². The molecule has 4 rings (SSSR count). The van der Waals surface area contributed by atoms with Crippen molar-refractivity contribution >= 4 is 11.1 Å². The second-order valence-electron chi connectivity index (χ2n) is 6.51. The average molecular weight is 436 g/mol. The van der Waals surface area contributed by atoms with Crippen LogP contribution >= 0.6 is 0 Å². The Morgan fingerprint density at radius 3 is 0.833 bits per heavy atom. The van der Waals surface area contributed by atoms with Crippen molar-refractivity contribution in [3.8, 4) is 0 Å². The van der Waals surface area contributed by atoms with Crippen molar-refractivity contribution in [1.82, 2.24) is 0 Å². The third-order valence-electron chi connectivity index (χ3n) is 5.01. The molecule has 0 bridgehead atoms. The number of hydrogen-bond acceptors (Lipinski definition) is 0. The molecule has 10 heteroatoms. The van der Waals surface area contributed by atoms with Gasteiger partial charge in [0.15, 0.2) is 46.5 Å². The summed E-state index contributed by atoms with van der Waals surface area (Å²) in [6.45, 7) is 0. The fourth-order valence-electron chi connectivity index (χ4n) is 3.55. The second kappa shape index (κ2) is 6.75. The van der Waals surface area contributed by atoms with E-state index in [0.717, 1.165) is 0 Å². The van der Waals surface area contributed by atoms with Crippen molar-refractivity contribution in [2.24, 2.45) is 0 Å². The predicted molar refractivity (Wildman–Crippen MR) is 84.7 cm³/mol. The first kappa shape index (κ1) is 20.2. The molecule has 0 atom stereocenters. The number of benzene rings is 2. The smallest absolute Gasteiger partial charge is 0.200 e. The van der Waals surface area contributed by atoms with Crippen molar-refractivity contribution in [1.29, 1.82) is 0 Å². The molecule has 0 aromatic heterocycles. The Labute approximate surface area is 161 Å². The normalized spacial score (nSPS) is 15.7. The lowest BCUT2D eigenvalue weighted by atomic mass is 9.75. The number of fused-ring (bicyclic) bond motifs is 1. The summed E-state index contributed by atoms with van der Waals surface area (Å²) in [6.07, 6.45) is 1.40. The topological polar surface area (TPSA) is 0 Å². The molecule has 2 aromatic carbocycles. The highest BCUT2D eigenvalue weighted by Gasteiger charge is 2.35. The highest BCUT2D eigenvalue weighted by molar-refractivity contribution is 5.92. The van der Waals surface area contributed by atoms with E-state index < -0.39 is 82.1 Å². The van der Waals surface area contributed by atoms with Gasteiger partial charge in [0, 0.05) is 0 Å². The highest BCUT2D eigenvalue weighted by Crippen LogP contribution is 2.48. The molecule has 0 saturated carbocycles. The molecule has 0 unspecified atom stereocenters. The van der Waals surface area contributed by atoms with Crippen molar-refractivity contribution in [3.05, 3.63) is 92.6 Å². The van der Waals surface area contributed by atoms with Gasteiger partial charge in [0.1, 0.15) is 0 Å². The van der Waals surface area contributed by atoms with Crippen LogP contribution in [-0.4, -0.2) is 0 Å². The molecule has 0 heterocycles. The van der Waals surface area contributed by atoms with Gasteiger partial charge < -0.3 is 0 Å². The van der Waals surface area contributed by atoms with Gasteiger partial charge in [-0.25, -0.2) is 43.9 Å². The van der Waals surface area contributed by atoms with E-state index in [0.29, 0.717) is 0 Å². The molecule has 30 heavy (non-hydrogen) atoms. The fraction of sp³-hybridized carbons (Fsp3) is 0.100. The van der Waals surface area contributed by atoms with Gasteiger partial charge in [-0.05, 0) is 35.1 Å². The first-order valence-corrected chi connectivity index (χ1v) is 8.26. The summed E-state index contributed by atoms with van der Waals surface area (Å²) < 4.78 is 137. The molecular formula is C20H6F10.